The number of likely N-dealkylation sites (tertiary alicyclic amines) is 1. The van der Waals surface area contributed by atoms with E-state index in [1.54, 1.807) is 17.1 Å². The van der Waals surface area contributed by atoms with E-state index in [1.165, 1.54) is 16.7 Å². The summed E-state index contributed by atoms with van der Waals surface area (Å²) in [5, 5.41) is 9.05. The molecule has 28 heavy (non-hydrogen) atoms. The number of thioether (sulfide) groups is 1. The third-order valence-electron chi connectivity index (χ3n) is 4.70. The van der Waals surface area contributed by atoms with E-state index in [9.17, 15) is 14.4 Å². The topological polar surface area (TPSA) is 77.9 Å². The van der Waals surface area contributed by atoms with Crippen molar-refractivity contribution in [1.29, 1.82) is 0 Å². The lowest BCUT2D eigenvalue weighted by Crippen LogP contribution is -2.46. The highest BCUT2D eigenvalue weighted by Crippen LogP contribution is 2.31. The summed E-state index contributed by atoms with van der Waals surface area (Å²) in [6.45, 7) is 0.669. The Kier molecular flexibility index (Phi) is 6.64. The molecular weight excluding hydrogens is 396 g/mol. The smallest absolute Gasteiger partial charge is 0.306 e. The number of rotatable bonds is 5. The first-order valence-corrected chi connectivity index (χ1v) is 10.2. The molecule has 0 radical (unpaired) electrons. The number of thiocarbonyl (C=S) groups is 1. The van der Waals surface area contributed by atoms with Gasteiger partial charge in [0.2, 0.25) is 5.91 Å². The lowest BCUT2D eigenvalue weighted by Gasteiger charge is -2.31. The Morgan fingerprint density at radius 3 is 2.54 bits per heavy atom. The molecule has 0 saturated carbocycles. The highest BCUT2D eigenvalue weighted by molar-refractivity contribution is 8.26. The van der Waals surface area contributed by atoms with Crippen LogP contribution in [0.5, 0.6) is 0 Å². The van der Waals surface area contributed by atoms with Gasteiger partial charge in [-0.1, -0.05) is 66.5 Å². The predicted octanol–water partition coefficient (Wildman–Crippen LogP) is 2.77. The van der Waals surface area contributed by atoms with Crippen molar-refractivity contribution in [2.45, 2.75) is 12.8 Å². The summed E-state index contributed by atoms with van der Waals surface area (Å²) in [6.07, 6.45) is 6.26. The first kappa shape index (κ1) is 20.3. The average molecular weight is 417 g/mol. The molecule has 0 aromatic heterocycles. The maximum absolute atomic E-state index is 12.6. The minimum absolute atomic E-state index is 0.109. The Labute approximate surface area is 172 Å². The summed E-state index contributed by atoms with van der Waals surface area (Å²) >= 11 is 6.45. The van der Waals surface area contributed by atoms with Crippen LogP contribution in [0.25, 0.3) is 6.08 Å². The van der Waals surface area contributed by atoms with Gasteiger partial charge in [-0.05, 0) is 24.5 Å². The maximum Gasteiger partial charge on any atom is 0.306 e. The second-order valence-corrected chi connectivity index (χ2v) is 8.23. The number of carbonyl (C=O) groups is 3. The van der Waals surface area contributed by atoms with Gasteiger partial charge in [-0.15, -0.1) is 0 Å². The van der Waals surface area contributed by atoms with E-state index in [0.29, 0.717) is 35.2 Å². The summed E-state index contributed by atoms with van der Waals surface area (Å²) in [5.74, 6) is -1.71. The van der Waals surface area contributed by atoms with E-state index in [1.807, 2.05) is 36.4 Å². The van der Waals surface area contributed by atoms with Crippen molar-refractivity contribution in [1.82, 2.24) is 9.80 Å². The molecule has 0 atom stereocenters. The van der Waals surface area contributed by atoms with Crippen LogP contribution in [0.1, 0.15) is 18.4 Å². The van der Waals surface area contributed by atoms with Crippen molar-refractivity contribution in [2.24, 2.45) is 5.92 Å². The molecule has 0 bridgehead atoms. The summed E-state index contributed by atoms with van der Waals surface area (Å²) < 4.78 is 0.359. The molecule has 2 heterocycles. The minimum atomic E-state index is -0.822. The Bertz CT molecular complexity index is 843. The number of hydrogen-bond donors (Lipinski definition) is 1. The number of benzene rings is 1. The van der Waals surface area contributed by atoms with Gasteiger partial charge >= 0.3 is 5.97 Å². The van der Waals surface area contributed by atoms with E-state index >= 15 is 0 Å². The monoisotopic (exact) mass is 416 g/mol. The molecule has 2 aliphatic heterocycles. The van der Waals surface area contributed by atoms with Gasteiger partial charge in [-0.3, -0.25) is 19.3 Å². The second kappa shape index (κ2) is 9.16. The van der Waals surface area contributed by atoms with Crippen LogP contribution in [0.15, 0.2) is 47.4 Å². The third kappa shape index (κ3) is 4.88. The molecular formula is C20H20N2O4S2. The zero-order valence-corrected chi connectivity index (χ0v) is 16.7. The third-order valence-corrected chi connectivity index (χ3v) is 6.10. The highest BCUT2D eigenvalue weighted by atomic mass is 32.2. The van der Waals surface area contributed by atoms with Gasteiger partial charge < -0.3 is 10.0 Å². The lowest BCUT2D eigenvalue weighted by atomic mass is 9.97. The zero-order chi connectivity index (χ0) is 20.1. The van der Waals surface area contributed by atoms with Crippen molar-refractivity contribution >= 4 is 52.2 Å². The van der Waals surface area contributed by atoms with E-state index < -0.39 is 11.9 Å². The fraction of sp³-hybridized carbons (Fsp3) is 0.300. The molecule has 0 spiro atoms. The molecule has 2 saturated heterocycles. The van der Waals surface area contributed by atoms with Gasteiger partial charge in [-0.2, -0.15) is 0 Å². The normalized spacial score (nSPS) is 19.8. The number of carbonyl (C=O) groups excluding carboxylic acids is 2. The number of piperidine rings is 1. The number of aliphatic carboxylic acids is 1. The van der Waals surface area contributed by atoms with E-state index in [4.69, 9.17) is 17.3 Å². The predicted molar refractivity (Wildman–Crippen MR) is 112 cm³/mol. The summed E-state index contributed by atoms with van der Waals surface area (Å²) in [7, 11) is 0. The SMILES string of the molecule is O=C(O)C1CCN(C(=O)CN2C(=O)C(=CC=Cc3ccccc3)SC2=S)CC1. The standard InChI is InChI=1S/C20H20N2O4S2/c23-17(21-11-9-15(10-12-21)19(25)26)13-22-18(24)16(28-20(22)27)8-4-7-14-5-2-1-3-6-14/h1-8,15H,9-13H2,(H,25,26). The number of hydrogen-bond acceptors (Lipinski definition) is 5. The summed E-state index contributed by atoms with van der Waals surface area (Å²) in [5.41, 5.74) is 1.02. The molecule has 2 aliphatic rings. The van der Waals surface area contributed by atoms with Gasteiger partial charge in [0.25, 0.3) is 5.91 Å². The molecule has 3 rings (SSSR count). The molecule has 146 valence electrons. The van der Waals surface area contributed by atoms with Crippen molar-refractivity contribution in [3.05, 3.63) is 53.0 Å². The van der Waals surface area contributed by atoms with Crippen molar-refractivity contribution in [2.75, 3.05) is 19.6 Å². The van der Waals surface area contributed by atoms with Crippen LogP contribution >= 0.6 is 24.0 Å². The molecule has 8 heteroatoms. The van der Waals surface area contributed by atoms with Crippen molar-refractivity contribution in [3.8, 4) is 0 Å². The Balaban J connectivity index is 1.58. The van der Waals surface area contributed by atoms with Crippen LogP contribution in [-0.4, -0.2) is 56.6 Å². The van der Waals surface area contributed by atoms with Crippen LogP contribution in [0.4, 0.5) is 0 Å². The van der Waals surface area contributed by atoms with E-state index in [2.05, 4.69) is 0 Å². The minimum Gasteiger partial charge on any atom is -0.481 e. The van der Waals surface area contributed by atoms with Crippen LogP contribution in [0.2, 0.25) is 0 Å². The largest absolute Gasteiger partial charge is 0.481 e. The number of nitrogens with zero attached hydrogens (tertiary/aromatic N) is 2. The van der Waals surface area contributed by atoms with E-state index in [0.717, 1.165) is 5.56 Å². The summed E-state index contributed by atoms with van der Waals surface area (Å²) in [4.78, 5) is 39.5. The van der Waals surface area contributed by atoms with Gasteiger partial charge in [0.05, 0.1) is 10.8 Å². The fourth-order valence-corrected chi connectivity index (χ4v) is 4.28. The molecule has 2 amide bonds. The molecule has 0 unspecified atom stereocenters. The van der Waals surface area contributed by atoms with Gasteiger partial charge in [0, 0.05) is 13.1 Å². The molecule has 2 fully saturated rings. The molecule has 1 aromatic carbocycles. The van der Waals surface area contributed by atoms with Crippen LogP contribution in [-0.2, 0) is 14.4 Å². The molecule has 1 N–H and O–H groups in total. The maximum atomic E-state index is 12.6. The van der Waals surface area contributed by atoms with E-state index in [-0.39, 0.29) is 18.4 Å². The highest BCUT2D eigenvalue weighted by Gasteiger charge is 2.35. The number of amides is 2. The number of carboxylic acids is 1. The van der Waals surface area contributed by atoms with Gasteiger partial charge in [-0.25, -0.2) is 0 Å². The van der Waals surface area contributed by atoms with Crippen LogP contribution in [0, 0.1) is 5.92 Å². The Morgan fingerprint density at radius 2 is 1.89 bits per heavy atom. The Morgan fingerprint density at radius 1 is 1.21 bits per heavy atom. The van der Waals surface area contributed by atoms with Crippen LogP contribution in [0.3, 0.4) is 0 Å². The molecule has 6 nitrogen and oxygen atoms in total. The molecule has 0 aliphatic carbocycles. The molecule has 1 aromatic rings. The number of allylic oxidation sites excluding steroid dienone is 2. The lowest BCUT2D eigenvalue weighted by molar-refractivity contribution is -0.146. The quantitative estimate of drug-likeness (QED) is 0.588. The van der Waals surface area contributed by atoms with Crippen molar-refractivity contribution in [3.63, 3.8) is 0 Å². The van der Waals surface area contributed by atoms with Gasteiger partial charge in [0.1, 0.15) is 10.9 Å². The average Bonchev–Trinajstić information content (AvgIpc) is 2.96. The first-order valence-electron chi connectivity index (χ1n) is 8.93. The van der Waals surface area contributed by atoms with Crippen molar-refractivity contribution < 1.29 is 19.5 Å². The first-order chi connectivity index (χ1) is 13.5. The summed E-state index contributed by atoms with van der Waals surface area (Å²) in [6, 6.07) is 9.72. The number of carboxylic acid groups (broad SMARTS) is 1. The fourth-order valence-electron chi connectivity index (χ4n) is 3.07. The second-order valence-electron chi connectivity index (χ2n) is 6.55. The van der Waals surface area contributed by atoms with Gasteiger partial charge in [0.15, 0.2) is 0 Å². The van der Waals surface area contributed by atoms with Crippen LogP contribution < -0.4 is 0 Å². The zero-order valence-electron chi connectivity index (χ0n) is 15.1. The Hall–Kier alpha value is -2.45.